The number of carbonyl (C=O) groups is 2. The van der Waals surface area contributed by atoms with Crippen LogP contribution in [0.3, 0.4) is 0 Å². The molecule has 0 aromatic heterocycles. The van der Waals surface area contributed by atoms with Gasteiger partial charge in [0.1, 0.15) is 42.2 Å². The average molecular weight is 673 g/mol. The molecule has 0 amide bonds. The lowest BCUT2D eigenvalue weighted by atomic mass is 9.89. The number of aliphatic hydroxyl groups is 4. The number of ketones is 1. The van der Waals surface area contributed by atoms with E-state index in [4.69, 9.17) is 37.9 Å². The molecule has 3 saturated heterocycles. The molecule has 14 heteroatoms. The zero-order valence-electron chi connectivity index (χ0n) is 28.2. The van der Waals surface area contributed by atoms with Crippen molar-refractivity contribution in [3.8, 4) is 0 Å². The number of hydrogen-bond acceptors (Lipinski definition) is 14. The number of rotatable bonds is 7. The molecule has 0 aliphatic carbocycles. The van der Waals surface area contributed by atoms with Gasteiger partial charge in [0.15, 0.2) is 18.4 Å². The van der Waals surface area contributed by atoms with E-state index in [1.165, 1.54) is 33.3 Å². The van der Waals surface area contributed by atoms with Gasteiger partial charge in [-0.2, -0.15) is 0 Å². The van der Waals surface area contributed by atoms with E-state index in [1.807, 2.05) is 0 Å². The van der Waals surface area contributed by atoms with Crippen molar-refractivity contribution in [1.29, 1.82) is 0 Å². The van der Waals surface area contributed by atoms with Crippen molar-refractivity contribution < 1.29 is 67.9 Å². The maximum atomic E-state index is 13.1. The summed E-state index contributed by atoms with van der Waals surface area (Å²) in [6.07, 6.45) is -3.95. The molecule has 14 nitrogen and oxygen atoms in total. The van der Waals surface area contributed by atoms with Crippen LogP contribution in [-0.2, 0) is 47.5 Å². The third kappa shape index (κ3) is 9.45. The molecular weight excluding hydrogens is 620 g/mol. The van der Waals surface area contributed by atoms with Crippen LogP contribution in [0, 0.1) is 11.8 Å². The highest BCUT2D eigenvalue weighted by molar-refractivity contribution is 5.96. The van der Waals surface area contributed by atoms with Gasteiger partial charge < -0.3 is 58.3 Å². The summed E-state index contributed by atoms with van der Waals surface area (Å²) in [7, 11) is 2.93. The summed E-state index contributed by atoms with van der Waals surface area (Å²) >= 11 is 0. The molecule has 4 heterocycles. The quantitative estimate of drug-likeness (QED) is 0.217. The van der Waals surface area contributed by atoms with Crippen LogP contribution in [0.25, 0.3) is 0 Å². The molecule has 16 atom stereocenters. The monoisotopic (exact) mass is 672 g/mol. The Balaban J connectivity index is 1.52. The van der Waals surface area contributed by atoms with E-state index in [9.17, 15) is 30.0 Å². The fourth-order valence-corrected chi connectivity index (χ4v) is 6.32. The Bertz CT molecular complexity index is 1110. The lowest BCUT2D eigenvalue weighted by Crippen LogP contribution is -2.59. The minimum Gasteiger partial charge on any atom is -0.459 e. The fourth-order valence-electron chi connectivity index (χ4n) is 6.32. The largest absolute Gasteiger partial charge is 0.459 e. The number of aliphatic hydroxyl groups excluding tert-OH is 3. The zero-order chi connectivity index (χ0) is 34.6. The first-order valence-corrected chi connectivity index (χ1v) is 16.3. The van der Waals surface area contributed by atoms with Gasteiger partial charge in [0.25, 0.3) is 0 Å². The highest BCUT2D eigenvalue weighted by atomic mass is 16.7. The number of carbonyl (C=O) groups excluding carboxylic acids is 2. The molecule has 0 bridgehead atoms. The molecule has 0 saturated carbocycles. The van der Waals surface area contributed by atoms with Crippen LogP contribution in [0.1, 0.15) is 53.9 Å². The number of hydrogen-bond donors (Lipinski definition) is 4. The lowest BCUT2D eigenvalue weighted by molar-refractivity contribution is -0.305. The predicted octanol–water partition coefficient (Wildman–Crippen LogP) is 0.558. The van der Waals surface area contributed by atoms with Crippen molar-refractivity contribution in [2.75, 3.05) is 20.8 Å². The first-order valence-electron chi connectivity index (χ1n) is 16.3. The fraction of sp³-hybridized carbons (Fsp3) is 0.818. The maximum absolute atomic E-state index is 13.1. The summed E-state index contributed by atoms with van der Waals surface area (Å²) in [5.74, 6) is -2.09. The Kier molecular flexibility index (Phi) is 13.1. The maximum Gasteiger partial charge on any atom is 0.330 e. The molecule has 0 radical (unpaired) electrons. The van der Waals surface area contributed by atoms with Crippen LogP contribution in [0.15, 0.2) is 24.3 Å². The lowest BCUT2D eigenvalue weighted by Gasteiger charge is -2.42. The first kappa shape index (κ1) is 38.0. The van der Waals surface area contributed by atoms with Gasteiger partial charge >= 0.3 is 5.97 Å². The molecule has 4 aliphatic rings. The normalized spacial score (nSPS) is 46.9. The molecular formula is C33H52O14. The Morgan fingerprint density at radius 1 is 0.894 bits per heavy atom. The molecule has 4 N–H and O–H groups in total. The molecule has 0 spiro atoms. The van der Waals surface area contributed by atoms with E-state index in [0.717, 1.165) is 0 Å². The van der Waals surface area contributed by atoms with Crippen molar-refractivity contribution in [3.63, 3.8) is 0 Å². The van der Waals surface area contributed by atoms with Crippen molar-refractivity contribution in [2.24, 2.45) is 11.8 Å². The minimum atomic E-state index is -1.75. The average Bonchev–Trinajstić information content (AvgIpc) is 3.78. The molecule has 4 rings (SSSR count). The second-order valence-electron chi connectivity index (χ2n) is 13.3. The number of fused-ring (bicyclic) bond motifs is 1. The van der Waals surface area contributed by atoms with Gasteiger partial charge in [-0.1, -0.05) is 13.0 Å². The van der Waals surface area contributed by atoms with E-state index < -0.39 is 103 Å². The Morgan fingerprint density at radius 3 is 2.28 bits per heavy atom. The topological polar surface area (TPSA) is 192 Å². The van der Waals surface area contributed by atoms with Crippen molar-refractivity contribution in [2.45, 2.75) is 139 Å². The first-order chi connectivity index (χ1) is 22.2. The Labute approximate surface area is 275 Å². The number of cyclic esters (lactones) is 1. The molecule has 0 aromatic carbocycles. The van der Waals surface area contributed by atoms with E-state index in [1.54, 1.807) is 39.8 Å². The van der Waals surface area contributed by atoms with Gasteiger partial charge in [0.2, 0.25) is 0 Å². The second kappa shape index (κ2) is 16.3. The predicted molar refractivity (Wildman–Crippen MR) is 164 cm³/mol. The molecule has 3 fully saturated rings. The van der Waals surface area contributed by atoms with Crippen molar-refractivity contribution >= 4 is 11.8 Å². The molecule has 268 valence electrons. The van der Waals surface area contributed by atoms with Crippen molar-refractivity contribution in [1.82, 2.24) is 0 Å². The van der Waals surface area contributed by atoms with Crippen LogP contribution in [-0.4, -0.2) is 138 Å². The molecule has 47 heavy (non-hydrogen) atoms. The summed E-state index contributed by atoms with van der Waals surface area (Å²) in [5, 5.41) is 42.4. The van der Waals surface area contributed by atoms with Crippen LogP contribution in [0.5, 0.6) is 0 Å². The van der Waals surface area contributed by atoms with Crippen molar-refractivity contribution in [3.05, 3.63) is 24.3 Å². The van der Waals surface area contributed by atoms with Crippen LogP contribution < -0.4 is 0 Å². The summed E-state index contributed by atoms with van der Waals surface area (Å²) in [5.41, 5.74) is -1.75. The SMILES string of the molecule is COC1C(OCC2C(C)OC(=O)C=CC(C)C(OC3OC(C)CC(O)C3O)CCC(C)(O)C(=O)C=CC3OC32)OC(C)C(O)C1OC. The number of ether oxygens (including phenoxy) is 8. The van der Waals surface area contributed by atoms with Gasteiger partial charge in [-0.05, 0) is 52.7 Å². The Morgan fingerprint density at radius 2 is 1.60 bits per heavy atom. The third-order valence-corrected chi connectivity index (χ3v) is 9.57. The van der Waals surface area contributed by atoms with Crippen LogP contribution >= 0.6 is 0 Å². The smallest absolute Gasteiger partial charge is 0.330 e. The van der Waals surface area contributed by atoms with Gasteiger partial charge in [0, 0.05) is 38.6 Å². The molecule has 4 aliphatic heterocycles. The summed E-state index contributed by atoms with van der Waals surface area (Å²) in [4.78, 5) is 26.1. The minimum absolute atomic E-state index is 0.00445. The van der Waals surface area contributed by atoms with Gasteiger partial charge in [0.05, 0.1) is 37.1 Å². The summed E-state index contributed by atoms with van der Waals surface area (Å²) in [6, 6.07) is 0. The van der Waals surface area contributed by atoms with Gasteiger partial charge in [-0.25, -0.2) is 4.79 Å². The highest BCUT2D eigenvalue weighted by Crippen LogP contribution is 2.36. The van der Waals surface area contributed by atoms with E-state index in [2.05, 4.69) is 0 Å². The summed E-state index contributed by atoms with van der Waals surface area (Å²) < 4.78 is 46.5. The standard InChI is InChI=1S/C33H52O14/c1-16-8-11-25(36)44-18(3)20(15-42-32-30(41-7)29(40-6)26(37)19(4)45-32)28-23(46-28)9-10-24(35)33(5,39)13-12-22(16)47-31-27(38)21(34)14-17(2)43-31/h8-11,16-23,26-32,34,37-39H,12-15H2,1-7H3. The number of methoxy groups -OCH3 is 2. The molecule has 16 unspecified atom stereocenters. The van der Waals surface area contributed by atoms with Gasteiger partial charge in [-0.3, -0.25) is 4.79 Å². The third-order valence-electron chi connectivity index (χ3n) is 9.57. The van der Waals surface area contributed by atoms with Gasteiger partial charge in [-0.15, -0.1) is 0 Å². The second-order valence-corrected chi connectivity index (χ2v) is 13.3. The number of esters is 1. The van der Waals surface area contributed by atoms with Crippen LogP contribution in [0.4, 0.5) is 0 Å². The van der Waals surface area contributed by atoms with E-state index in [0.29, 0.717) is 0 Å². The van der Waals surface area contributed by atoms with Crippen LogP contribution in [0.2, 0.25) is 0 Å². The molecule has 0 aromatic rings. The highest BCUT2D eigenvalue weighted by Gasteiger charge is 2.49. The van der Waals surface area contributed by atoms with E-state index >= 15 is 0 Å². The summed E-state index contributed by atoms with van der Waals surface area (Å²) in [6.45, 7) is 8.39. The zero-order valence-corrected chi connectivity index (χ0v) is 28.2. The Hall–Kier alpha value is -1.82. The number of epoxide rings is 1. The van der Waals surface area contributed by atoms with E-state index in [-0.39, 0.29) is 32.0 Å².